The van der Waals surface area contributed by atoms with Gasteiger partial charge in [0.15, 0.2) is 10.4 Å². The van der Waals surface area contributed by atoms with E-state index in [0.29, 0.717) is 12.2 Å². The first-order valence-electron chi connectivity index (χ1n) is 3.04. The molecule has 60 valence electrons. The lowest BCUT2D eigenvalue weighted by Gasteiger charge is -1.89. The van der Waals surface area contributed by atoms with E-state index in [1.807, 2.05) is 0 Å². The van der Waals surface area contributed by atoms with E-state index in [9.17, 15) is 4.79 Å². The van der Waals surface area contributed by atoms with Crippen LogP contribution in [0.15, 0.2) is 9.13 Å². The molecule has 4 nitrogen and oxygen atoms in total. The maximum atomic E-state index is 10.5. The summed E-state index contributed by atoms with van der Waals surface area (Å²) in [5, 5.41) is 12.1. The SMILES string of the molecule is CCc1onc(Br)c1C(=O)O. The van der Waals surface area contributed by atoms with Crippen LogP contribution in [-0.2, 0) is 6.42 Å². The van der Waals surface area contributed by atoms with Crippen LogP contribution in [0.3, 0.4) is 0 Å². The van der Waals surface area contributed by atoms with Gasteiger partial charge in [-0.25, -0.2) is 4.79 Å². The highest BCUT2D eigenvalue weighted by molar-refractivity contribution is 9.10. The molecule has 0 saturated carbocycles. The van der Waals surface area contributed by atoms with Gasteiger partial charge in [0.2, 0.25) is 0 Å². The molecule has 0 unspecified atom stereocenters. The fourth-order valence-corrected chi connectivity index (χ4v) is 1.21. The molecule has 0 radical (unpaired) electrons. The highest BCUT2D eigenvalue weighted by Crippen LogP contribution is 2.19. The Kier molecular flexibility index (Phi) is 2.28. The smallest absolute Gasteiger partial charge is 0.342 e. The second-order valence-corrected chi connectivity index (χ2v) is 2.68. The average molecular weight is 220 g/mol. The number of carboxylic acids is 1. The van der Waals surface area contributed by atoms with Crippen molar-refractivity contribution in [2.24, 2.45) is 0 Å². The number of carboxylic acid groups (broad SMARTS) is 1. The minimum absolute atomic E-state index is 0.118. The number of halogens is 1. The van der Waals surface area contributed by atoms with Crippen LogP contribution in [0.2, 0.25) is 0 Å². The molecule has 1 aromatic heterocycles. The zero-order valence-electron chi connectivity index (χ0n) is 5.80. The molecule has 0 aliphatic rings. The van der Waals surface area contributed by atoms with Crippen molar-refractivity contribution in [3.8, 4) is 0 Å². The molecular weight excluding hydrogens is 214 g/mol. The predicted molar refractivity (Wildman–Crippen MR) is 40.5 cm³/mol. The van der Waals surface area contributed by atoms with Gasteiger partial charge in [-0.15, -0.1) is 0 Å². The van der Waals surface area contributed by atoms with Gasteiger partial charge in [-0.05, 0) is 15.9 Å². The number of aryl methyl sites for hydroxylation is 1. The lowest BCUT2D eigenvalue weighted by atomic mass is 10.2. The van der Waals surface area contributed by atoms with Crippen molar-refractivity contribution in [3.63, 3.8) is 0 Å². The molecule has 0 aromatic carbocycles. The summed E-state index contributed by atoms with van der Waals surface area (Å²) in [5.74, 6) is -0.626. The molecule has 0 aliphatic carbocycles. The summed E-state index contributed by atoms with van der Waals surface area (Å²) in [6, 6.07) is 0. The van der Waals surface area contributed by atoms with Crippen LogP contribution < -0.4 is 0 Å². The summed E-state index contributed by atoms with van der Waals surface area (Å²) in [6.45, 7) is 1.80. The van der Waals surface area contributed by atoms with Crippen molar-refractivity contribution < 1.29 is 14.4 Å². The molecule has 1 heterocycles. The standard InChI is InChI=1S/C6H6BrNO3/c1-2-3-4(6(9)10)5(7)8-11-3/h2H2,1H3,(H,9,10). The van der Waals surface area contributed by atoms with Crippen LogP contribution >= 0.6 is 15.9 Å². The van der Waals surface area contributed by atoms with Crippen LogP contribution in [0.5, 0.6) is 0 Å². The first-order valence-corrected chi connectivity index (χ1v) is 3.83. The molecule has 0 bridgehead atoms. The molecule has 11 heavy (non-hydrogen) atoms. The fourth-order valence-electron chi connectivity index (χ4n) is 0.750. The van der Waals surface area contributed by atoms with Crippen molar-refractivity contribution in [2.45, 2.75) is 13.3 Å². The van der Waals surface area contributed by atoms with Crippen molar-refractivity contribution in [2.75, 3.05) is 0 Å². The van der Waals surface area contributed by atoms with Gasteiger partial charge in [-0.1, -0.05) is 12.1 Å². The minimum atomic E-state index is -1.02. The summed E-state index contributed by atoms with van der Waals surface area (Å²) in [6.07, 6.45) is 0.528. The molecule has 5 heteroatoms. The first-order chi connectivity index (χ1) is 5.16. The van der Waals surface area contributed by atoms with Gasteiger partial charge in [0, 0.05) is 6.42 Å². The molecule has 1 N–H and O–H groups in total. The third-order valence-corrected chi connectivity index (χ3v) is 1.80. The minimum Gasteiger partial charge on any atom is -0.477 e. The molecule has 0 spiro atoms. The zero-order valence-corrected chi connectivity index (χ0v) is 7.38. The lowest BCUT2D eigenvalue weighted by molar-refractivity contribution is 0.0693. The predicted octanol–water partition coefficient (Wildman–Crippen LogP) is 1.70. The van der Waals surface area contributed by atoms with Crippen LogP contribution in [0.25, 0.3) is 0 Å². The molecule has 1 rings (SSSR count). The Hall–Kier alpha value is -0.840. The Morgan fingerprint density at radius 2 is 2.45 bits per heavy atom. The molecule has 0 fully saturated rings. The van der Waals surface area contributed by atoms with Crippen LogP contribution in [-0.4, -0.2) is 16.2 Å². The van der Waals surface area contributed by atoms with Crippen molar-refractivity contribution in [1.29, 1.82) is 0 Å². The topological polar surface area (TPSA) is 63.3 Å². The lowest BCUT2D eigenvalue weighted by Crippen LogP contribution is -1.98. The zero-order chi connectivity index (χ0) is 8.43. The fraction of sp³-hybridized carbons (Fsp3) is 0.333. The number of aromatic carboxylic acids is 1. The molecule has 1 aromatic rings. The Bertz CT molecular complexity index is 281. The number of hydrogen-bond acceptors (Lipinski definition) is 3. The van der Waals surface area contributed by atoms with Gasteiger partial charge >= 0.3 is 5.97 Å². The maximum absolute atomic E-state index is 10.5. The molecule has 0 saturated heterocycles. The normalized spacial score (nSPS) is 10.0. The summed E-state index contributed by atoms with van der Waals surface area (Å²) in [5.41, 5.74) is 0.118. The van der Waals surface area contributed by atoms with E-state index in [0.717, 1.165) is 0 Å². The second kappa shape index (κ2) is 3.04. The van der Waals surface area contributed by atoms with Gasteiger partial charge in [0.05, 0.1) is 0 Å². The van der Waals surface area contributed by atoms with E-state index in [1.54, 1.807) is 6.92 Å². The second-order valence-electron chi connectivity index (χ2n) is 1.93. The highest BCUT2D eigenvalue weighted by atomic mass is 79.9. The van der Waals surface area contributed by atoms with E-state index in [-0.39, 0.29) is 10.2 Å². The van der Waals surface area contributed by atoms with Gasteiger partial charge in [-0.2, -0.15) is 0 Å². The quantitative estimate of drug-likeness (QED) is 0.823. The van der Waals surface area contributed by atoms with Gasteiger partial charge in [0.25, 0.3) is 0 Å². The van der Waals surface area contributed by atoms with Gasteiger partial charge in [-0.3, -0.25) is 0 Å². The monoisotopic (exact) mass is 219 g/mol. The van der Waals surface area contributed by atoms with Crippen LogP contribution in [0.4, 0.5) is 0 Å². The average Bonchev–Trinajstić information content (AvgIpc) is 2.30. The molecule has 0 aliphatic heterocycles. The molecule has 0 atom stereocenters. The third-order valence-electron chi connectivity index (χ3n) is 1.26. The Labute approximate surface area is 71.3 Å². The van der Waals surface area contributed by atoms with Crippen LogP contribution in [0, 0.1) is 0 Å². The van der Waals surface area contributed by atoms with E-state index in [2.05, 4.69) is 21.1 Å². The van der Waals surface area contributed by atoms with Gasteiger partial charge < -0.3 is 9.63 Å². The largest absolute Gasteiger partial charge is 0.477 e. The number of aromatic nitrogens is 1. The van der Waals surface area contributed by atoms with Crippen LogP contribution in [0.1, 0.15) is 23.0 Å². The Morgan fingerprint density at radius 1 is 1.82 bits per heavy atom. The maximum Gasteiger partial charge on any atom is 0.342 e. The van der Waals surface area contributed by atoms with E-state index in [4.69, 9.17) is 9.63 Å². The molecular formula is C6H6BrNO3. The van der Waals surface area contributed by atoms with Crippen molar-refractivity contribution in [3.05, 3.63) is 15.9 Å². The summed E-state index contributed by atoms with van der Waals surface area (Å²) < 4.78 is 4.98. The Morgan fingerprint density at radius 3 is 2.82 bits per heavy atom. The summed E-state index contributed by atoms with van der Waals surface area (Å²) in [7, 11) is 0. The van der Waals surface area contributed by atoms with Crippen molar-refractivity contribution >= 4 is 21.9 Å². The number of rotatable bonds is 2. The number of carbonyl (C=O) groups is 1. The summed E-state index contributed by atoms with van der Waals surface area (Å²) >= 11 is 2.97. The summed E-state index contributed by atoms with van der Waals surface area (Å²) in [4.78, 5) is 10.5. The number of nitrogens with zero attached hydrogens (tertiary/aromatic N) is 1. The highest BCUT2D eigenvalue weighted by Gasteiger charge is 2.18. The number of hydrogen-bond donors (Lipinski definition) is 1. The Balaban J connectivity index is 3.17. The van der Waals surface area contributed by atoms with E-state index in [1.165, 1.54) is 0 Å². The molecule has 0 amide bonds. The van der Waals surface area contributed by atoms with E-state index < -0.39 is 5.97 Å². The first kappa shape index (κ1) is 8.26. The third kappa shape index (κ3) is 1.42. The van der Waals surface area contributed by atoms with Gasteiger partial charge in [0.1, 0.15) is 5.56 Å². The van der Waals surface area contributed by atoms with Crippen molar-refractivity contribution in [1.82, 2.24) is 5.16 Å². The van der Waals surface area contributed by atoms with E-state index >= 15 is 0 Å².